The highest BCUT2D eigenvalue weighted by atomic mass is 35.5. The molecule has 5 atom stereocenters. The molecule has 7 rings (SSSR count). The first-order valence-corrected chi connectivity index (χ1v) is 20.9. The highest BCUT2D eigenvalue weighted by Crippen LogP contribution is 2.46. The topological polar surface area (TPSA) is 189 Å². The third kappa shape index (κ3) is 7.86. The summed E-state index contributed by atoms with van der Waals surface area (Å²) in [5, 5.41) is 19.5. The van der Waals surface area contributed by atoms with Gasteiger partial charge < -0.3 is 30.1 Å². The number of likely N-dealkylation sites (tertiary alicyclic amines) is 1. The van der Waals surface area contributed by atoms with Crippen molar-refractivity contribution < 1.29 is 37.4 Å². The Hall–Kier alpha value is -4.93. The van der Waals surface area contributed by atoms with Crippen molar-refractivity contribution in [2.24, 2.45) is 11.3 Å². The van der Waals surface area contributed by atoms with Gasteiger partial charge in [-0.05, 0) is 55.0 Å². The monoisotopic (exact) mass is 822 g/mol. The van der Waals surface area contributed by atoms with E-state index in [1.807, 2.05) is 32.2 Å². The van der Waals surface area contributed by atoms with Crippen molar-refractivity contribution in [1.29, 1.82) is 0 Å². The predicted molar refractivity (Wildman–Crippen MR) is 213 cm³/mol. The smallest absolute Gasteiger partial charge is 0.259 e. The van der Waals surface area contributed by atoms with Crippen molar-refractivity contribution in [3.8, 4) is 28.6 Å². The summed E-state index contributed by atoms with van der Waals surface area (Å²) in [6.07, 6.45) is 3.39. The highest BCUT2D eigenvalue weighted by molar-refractivity contribution is 7.91. The van der Waals surface area contributed by atoms with Crippen molar-refractivity contribution in [2.45, 2.75) is 75.4 Å². The number of halogens is 1. The van der Waals surface area contributed by atoms with Gasteiger partial charge in [-0.2, -0.15) is 0 Å². The summed E-state index contributed by atoms with van der Waals surface area (Å²) in [6, 6.07) is 9.89. The predicted octanol–water partition coefficient (Wildman–Crippen LogP) is 5.27. The van der Waals surface area contributed by atoms with Crippen LogP contribution >= 0.6 is 22.9 Å². The zero-order chi connectivity index (χ0) is 40.2. The lowest BCUT2D eigenvalue weighted by Crippen LogP contribution is -2.58. The van der Waals surface area contributed by atoms with Crippen LogP contribution in [-0.4, -0.2) is 88.7 Å². The summed E-state index contributed by atoms with van der Waals surface area (Å²) < 4.78 is 39.7. The lowest BCUT2D eigenvalue weighted by Gasteiger charge is -2.35. The van der Waals surface area contributed by atoms with Gasteiger partial charge in [0.1, 0.15) is 35.2 Å². The fraction of sp³-hybridized carbons (Fsp3) is 0.410. The molecule has 3 amide bonds. The van der Waals surface area contributed by atoms with Gasteiger partial charge in [-0.3, -0.25) is 19.1 Å². The zero-order valence-electron chi connectivity index (χ0n) is 31.2. The Bertz CT molecular complexity index is 2330. The van der Waals surface area contributed by atoms with E-state index in [1.165, 1.54) is 35.6 Å². The number of phenolic OH excluding ortho intramolecular Hbond substituents is 1. The number of nitrogens with one attached hydrogen (secondary N) is 3. The molecule has 3 aliphatic rings. The number of fused-ring (bicyclic) bond motifs is 1. The minimum Gasteiger partial charge on any atom is -0.508 e. The Balaban J connectivity index is 1.19. The standard InChI is InChI=1S/C39H43ClN6O8S2/c1-6-22-17-39(22,36(50)45-56(51,52)26-11-12-26)44-33(48)30-16-25(54-34-28-15-23(40)10-13-27(28)31(53-5)18-41-34)19-46(30)35(49)32(38(2,3)4)43-37-42-29(20-55-37)21-8-7-9-24(47)14-21/h6-10,13-15,18,20,22,25-26,30,32,47H,1,11-12,16-17,19H2,2-5H3,(H,42,43)(H,44,48)(H,45,50)/t22-,25-,30+,32-,39-/m1/s1. The van der Waals surface area contributed by atoms with E-state index < -0.39 is 68.1 Å². The molecule has 3 heterocycles. The normalized spacial score (nSPS) is 22.6. The maximum atomic E-state index is 14.8. The molecule has 2 saturated carbocycles. The van der Waals surface area contributed by atoms with E-state index in [2.05, 4.69) is 31.9 Å². The van der Waals surface area contributed by atoms with Crippen LogP contribution in [0.25, 0.3) is 22.0 Å². The number of phenols is 1. The largest absolute Gasteiger partial charge is 0.508 e. The number of anilines is 1. The summed E-state index contributed by atoms with van der Waals surface area (Å²) >= 11 is 7.66. The average molecular weight is 823 g/mol. The molecule has 2 aromatic carbocycles. The second kappa shape index (κ2) is 14.9. The van der Waals surface area contributed by atoms with Crippen molar-refractivity contribution in [3.63, 3.8) is 0 Å². The van der Waals surface area contributed by atoms with E-state index in [9.17, 15) is 27.9 Å². The summed E-state index contributed by atoms with van der Waals surface area (Å²) in [5.41, 5.74) is -0.940. The summed E-state index contributed by atoms with van der Waals surface area (Å²) in [4.78, 5) is 53.4. The number of carbonyl (C=O) groups is 3. The fourth-order valence-electron chi connectivity index (χ4n) is 7.05. The van der Waals surface area contributed by atoms with E-state index in [4.69, 9.17) is 21.1 Å². The van der Waals surface area contributed by atoms with E-state index >= 15 is 0 Å². The molecule has 0 bridgehead atoms. The molecule has 17 heteroatoms. The highest BCUT2D eigenvalue weighted by Gasteiger charge is 2.62. The van der Waals surface area contributed by atoms with Crippen LogP contribution in [0.4, 0.5) is 5.13 Å². The number of hydrogen-bond acceptors (Lipinski definition) is 12. The van der Waals surface area contributed by atoms with Crippen molar-refractivity contribution in [3.05, 3.63) is 71.7 Å². The molecule has 296 valence electrons. The molecule has 3 fully saturated rings. The fourth-order valence-corrected chi connectivity index (χ4v) is 9.33. The van der Waals surface area contributed by atoms with Crippen LogP contribution in [0.1, 0.15) is 46.5 Å². The number of aromatic hydroxyl groups is 1. The summed E-state index contributed by atoms with van der Waals surface area (Å²) in [7, 11) is -2.38. The van der Waals surface area contributed by atoms with Gasteiger partial charge in [0.15, 0.2) is 5.13 Å². The van der Waals surface area contributed by atoms with Crippen molar-refractivity contribution >= 4 is 66.6 Å². The number of rotatable bonds is 13. The van der Waals surface area contributed by atoms with Crippen LogP contribution in [-0.2, 0) is 24.4 Å². The van der Waals surface area contributed by atoms with Gasteiger partial charge >= 0.3 is 0 Å². The second-order valence-corrected chi connectivity index (χ2v) is 18.8. The van der Waals surface area contributed by atoms with Crippen LogP contribution in [0, 0.1) is 11.3 Å². The van der Waals surface area contributed by atoms with Crippen molar-refractivity contribution in [1.82, 2.24) is 24.9 Å². The second-order valence-electron chi connectivity index (χ2n) is 15.5. The van der Waals surface area contributed by atoms with Crippen LogP contribution < -0.4 is 24.8 Å². The Morgan fingerprint density at radius 2 is 1.93 bits per heavy atom. The van der Waals surface area contributed by atoms with Gasteiger partial charge in [-0.1, -0.05) is 50.6 Å². The Labute approximate surface area is 333 Å². The number of methoxy groups -OCH3 is 1. The number of benzene rings is 2. The van der Waals surface area contributed by atoms with Gasteiger partial charge in [0.25, 0.3) is 5.91 Å². The lowest BCUT2D eigenvalue weighted by atomic mass is 9.85. The summed E-state index contributed by atoms with van der Waals surface area (Å²) in [5.74, 6) is -1.59. The molecule has 14 nitrogen and oxygen atoms in total. The number of aromatic nitrogens is 2. The molecule has 56 heavy (non-hydrogen) atoms. The van der Waals surface area contributed by atoms with E-state index in [0.29, 0.717) is 50.8 Å². The molecule has 4 aromatic rings. The Morgan fingerprint density at radius 3 is 2.59 bits per heavy atom. The number of hydrogen-bond donors (Lipinski definition) is 4. The number of amides is 3. The van der Waals surface area contributed by atoms with Crippen LogP contribution in [0.3, 0.4) is 0 Å². The third-order valence-electron chi connectivity index (χ3n) is 10.4. The number of ether oxygens (including phenoxy) is 2. The Kier molecular flexibility index (Phi) is 10.4. The molecule has 1 saturated heterocycles. The number of thiazole rings is 1. The Morgan fingerprint density at radius 1 is 1.16 bits per heavy atom. The van der Waals surface area contributed by atoms with Gasteiger partial charge in [-0.25, -0.2) is 18.4 Å². The number of sulfonamides is 1. The van der Waals surface area contributed by atoms with Crippen LogP contribution in [0.15, 0.2) is 66.7 Å². The first kappa shape index (κ1) is 39.3. The first-order chi connectivity index (χ1) is 26.5. The molecule has 2 aliphatic carbocycles. The van der Waals surface area contributed by atoms with E-state index in [-0.39, 0.29) is 31.0 Å². The van der Waals surface area contributed by atoms with E-state index in [0.717, 1.165) is 0 Å². The van der Waals surface area contributed by atoms with Gasteiger partial charge in [0.2, 0.25) is 27.7 Å². The van der Waals surface area contributed by atoms with Gasteiger partial charge in [-0.15, -0.1) is 17.9 Å². The minimum atomic E-state index is -3.91. The van der Waals surface area contributed by atoms with E-state index in [1.54, 1.807) is 36.4 Å². The maximum absolute atomic E-state index is 14.8. The van der Waals surface area contributed by atoms with Gasteiger partial charge in [0, 0.05) is 39.1 Å². The quantitative estimate of drug-likeness (QED) is 0.129. The molecule has 2 aromatic heterocycles. The number of carbonyl (C=O) groups excluding carboxylic acids is 3. The average Bonchev–Trinajstić information content (AvgIpc) is 4.04. The molecule has 0 spiro atoms. The molecule has 4 N–H and O–H groups in total. The molecular formula is C39H43ClN6O8S2. The SMILES string of the molecule is C=C[C@@H]1C[C@]1(NC(=O)[C@@H]1C[C@@H](Oc2ncc(OC)c3ccc(Cl)cc23)CN1C(=O)[C@@H](Nc1nc(-c2cccc(O)c2)cs1)C(C)(C)C)C(=O)NS(=O)(=O)C1CC1. The lowest BCUT2D eigenvalue weighted by molar-refractivity contribution is -0.141. The summed E-state index contributed by atoms with van der Waals surface area (Å²) in [6.45, 7) is 9.44. The number of pyridine rings is 1. The maximum Gasteiger partial charge on any atom is 0.259 e. The molecule has 0 radical (unpaired) electrons. The van der Waals surface area contributed by atoms with Gasteiger partial charge in [0.05, 0.1) is 30.8 Å². The number of nitrogens with zero attached hydrogens (tertiary/aromatic N) is 3. The molecule has 1 aliphatic heterocycles. The first-order valence-electron chi connectivity index (χ1n) is 18.1. The molecular weight excluding hydrogens is 780 g/mol. The third-order valence-corrected chi connectivity index (χ3v) is 13.2. The zero-order valence-corrected chi connectivity index (χ0v) is 33.6. The van der Waals surface area contributed by atoms with Crippen LogP contribution in [0.5, 0.6) is 17.4 Å². The van der Waals surface area contributed by atoms with Crippen LogP contribution in [0.2, 0.25) is 5.02 Å². The van der Waals surface area contributed by atoms with Crippen molar-refractivity contribution in [2.75, 3.05) is 19.0 Å². The molecule has 0 unspecified atom stereocenters. The minimum absolute atomic E-state index is 0.0203.